The second-order valence-corrected chi connectivity index (χ2v) is 4.65. The van der Waals surface area contributed by atoms with Gasteiger partial charge in [0.15, 0.2) is 5.79 Å². The largest absolute Gasteiger partial charge is 0.466 e. The number of hydrogen-bond donors (Lipinski definition) is 1. The van der Waals surface area contributed by atoms with Crippen LogP contribution in [0, 0.1) is 0 Å². The van der Waals surface area contributed by atoms with E-state index in [1.807, 2.05) is 26.0 Å². The highest BCUT2D eigenvalue weighted by Crippen LogP contribution is 2.28. The Morgan fingerprint density at radius 1 is 1.44 bits per heavy atom. The summed E-state index contributed by atoms with van der Waals surface area (Å²) in [7, 11) is 0. The third kappa shape index (κ3) is 4.76. The van der Waals surface area contributed by atoms with Crippen molar-refractivity contribution >= 4 is 5.97 Å². The van der Waals surface area contributed by atoms with E-state index in [-0.39, 0.29) is 18.2 Å². The maximum absolute atomic E-state index is 11.1. The van der Waals surface area contributed by atoms with E-state index < -0.39 is 5.79 Å². The van der Waals surface area contributed by atoms with Gasteiger partial charge in [0, 0.05) is 13.0 Å². The number of hydrogen-bond acceptors (Lipinski definition) is 5. The zero-order chi connectivity index (χ0) is 13.6. The van der Waals surface area contributed by atoms with Crippen LogP contribution in [-0.4, -0.2) is 37.1 Å². The van der Waals surface area contributed by atoms with E-state index >= 15 is 0 Å². The first kappa shape index (κ1) is 15.1. The van der Waals surface area contributed by atoms with Crippen LogP contribution >= 0.6 is 0 Å². The first-order valence-corrected chi connectivity index (χ1v) is 6.36. The van der Waals surface area contributed by atoms with Crippen LogP contribution in [0.5, 0.6) is 0 Å². The monoisotopic (exact) mass is 257 g/mol. The lowest BCUT2D eigenvalue weighted by Crippen LogP contribution is -2.29. The maximum atomic E-state index is 11.1. The van der Waals surface area contributed by atoms with Crippen LogP contribution in [0.25, 0.3) is 0 Å². The zero-order valence-electron chi connectivity index (χ0n) is 11.3. The van der Waals surface area contributed by atoms with Crippen molar-refractivity contribution in [2.75, 3.05) is 13.2 Å². The van der Waals surface area contributed by atoms with Crippen LogP contribution in [0.3, 0.4) is 0 Å². The Bertz CT molecular complexity index is 301. The number of ether oxygens (including phenoxy) is 3. The molecule has 0 saturated carbocycles. The van der Waals surface area contributed by atoms with E-state index in [4.69, 9.17) is 19.9 Å². The molecule has 1 aliphatic heterocycles. The molecule has 5 heteroatoms. The number of carbonyl (C=O) groups is 1. The van der Waals surface area contributed by atoms with Gasteiger partial charge in [-0.25, -0.2) is 0 Å². The summed E-state index contributed by atoms with van der Waals surface area (Å²) in [4.78, 5) is 11.1. The summed E-state index contributed by atoms with van der Waals surface area (Å²) < 4.78 is 16.2. The minimum absolute atomic E-state index is 0.126. The number of nitrogens with two attached hydrogens (primary N) is 1. The minimum atomic E-state index is -0.597. The number of esters is 1. The van der Waals surface area contributed by atoms with E-state index in [0.717, 1.165) is 0 Å². The molecule has 2 unspecified atom stereocenters. The van der Waals surface area contributed by atoms with Gasteiger partial charge in [-0.2, -0.15) is 0 Å². The van der Waals surface area contributed by atoms with Crippen LogP contribution in [-0.2, 0) is 19.0 Å². The van der Waals surface area contributed by atoms with Crippen LogP contribution in [0.2, 0.25) is 0 Å². The summed E-state index contributed by atoms with van der Waals surface area (Å²) in [6.45, 7) is 6.36. The van der Waals surface area contributed by atoms with Crippen LogP contribution in [0.4, 0.5) is 0 Å². The molecule has 1 fully saturated rings. The summed E-state index contributed by atoms with van der Waals surface area (Å²) in [6.07, 6.45) is 4.57. The van der Waals surface area contributed by atoms with Gasteiger partial charge in [-0.05, 0) is 27.2 Å². The quantitative estimate of drug-likeness (QED) is 0.574. The van der Waals surface area contributed by atoms with Crippen molar-refractivity contribution in [3.05, 3.63) is 12.2 Å². The fourth-order valence-electron chi connectivity index (χ4n) is 1.87. The number of rotatable bonds is 6. The van der Waals surface area contributed by atoms with E-state index in [0.29, 0.717) is 26.0 Å². The molecule has 104 valence electrons. The van der Waals surface area contributed by atoms with Gasteiger partial charge < -0.3 is 19.9 Å². The lowest BCUT2D eigenvalue weighted by Gasteiger charge is -2.16. The van der Waals surface area contributed by atoms with E-state index in [2.05, 4.69) is 0 Å². The van der Waals surface area contributed by atoms with Gasteiger partial charge in [-0.1, -0.05) is 12.2 Å². The smallest absolute Gasteiger partial charge is 0.306 e. The molecule has 2 N–H and O–H groups in total. The molecule has 0 aromatic rings. The average molecular weight is 257 g/mol. The van der Waals surface area contributed by atoms with Gasteiger partial charge in [0.1, 0.15) is 12.2 Å². The molecule has 1 aliphatic rings. The van der Waals surface area contributed by atoms with Crippen LogP contribution in [0.15, 0.2) is 12.2 Å². The molecule has 0 amide bonds. The van der Waals surface area contributed by atoms with Crippen molar-refractivity contribution in [3.8, 4) is 0 Å². The standard InChI is InChI=1S/C13H23NO4/c1-4-16-12(15)8-6-5-7-10-11(9-14)18-13(2,3)17-10/h5,7,10-11H,4,6,8-9,14H2,1-3H3/b7-5-. The fraction of sp³-hybridized carbons (Fsp3) is 0.769. The van der Waals surface area contributed by atoms with Crippen LogP contribution < -0.4 is 5.73 Å². The highest BCUT2D eigenvalue weighted by molar-refractivity contribution is 5.69. The van der Waals surface area contributed by atoms with Crippen LogP contribution in [0.1, 0.15) is 33.6 Å². The molecule has 0 aromatic heterocycles. The Morgan fingerprint density at radius 3 is 2.78 bits per heavy atom. The van der Waals surface area contributed by atoms with Crippen molar-refractivity contribution in [2.24, 2.45) is 5.73 Å². The molecular weight excluding hydrogens is 234 g/mol. The van der Waals surface area contributed by atoms with Crippen molar-refractivity contribution in [1.82, 2.24) is 0 Å². The predicted molar refractivity (Wildman–Crippen MR) is 67.9 cm³/mol. The molecular formula is C13H23NO4. The third-order valence-corrected chi connectivity index (χ3v) is 2.60. The van der Waals surface area contributed by atoms with Gasteiger partial charge in [-0.3, -0.25) is 4.79 Å². The highest BCUT2D eigenvalue weighted by Gasteiger charge is 2.38. The van der Waals surface area contributed by atoms with E-state index in [9.17, 15) is 4.79 Å². The second-order valence-electron chi connectivity index (χ2n) is 4.65. The van der Waals surface area contributed by atoms with Gasteiger partial charge in [-0.15, -0.1) is 0 Å². The van der Waals surface area contributed by atoms with Gasteiger partial charge in [0.05, 0.1) is 6.61 Å². The molecule has 5 nitrogen and oxygen atoms in total. The first-order chi connectivity index (χ1) is 8.48. The summed E-state index contributed by atoms with van der Waals surface area (Å²) in [5.74, 6) is -0.776. The van der Waals surface area contributed by atoms with E-state index in [1.54, 1.807) is 6.92 Å². The number of carbonyl (C=O) groups excluding carboxylic acids is 1. The number of allylic oxidation sites excluding steroid dienone is 1. The Kier molecular flexibility index (Phi) is 5.78. The van der Waals surface area contributed by atoms with Gasteiger partial charge >= 0.3 is 5.97 Å². The zero-order valence-corrected chi connectivity index (χ0v) is 11.3. The fourth-order valence-corrected chi connectivity index (χ4v) is 1.87. The lowest BCUT2D eigenvalue weighted by molar-refractivity contribution is -0.143. The van der Waals surface area contributed by atoms with E-state index in [1.165, 1.54) is 0 Å². The molecule has 0 aromatic carbocycles. The highest BCUT2D eigenvalue weighted by atomic mass is 16.7. The molecule has 1 rings (SSSR count). The summed E-state index contributed by atoms with van der Waals surface area (Å²) >= 11 is 0. The Balaban J connectivity index is 2.35. The van der Waals surface area contributed by atoms with Crippen molar-refractivity contribution in [3.63, 3.8) is 0 Å². The molecule has 0 spiro atoms. The topological polar surface area (TPSA) is 70.8 Å². The SMILES string of the molecule is CCOC(=O)CC/C=C\C1OC(C)(C)OC1CN. The first-order valence-electron chi connectivity index (χ1n) is 6.36. The van der Waals surface area contributed by atoms with Gasteiger partial charge in [0.25, 0.3) is 0 Å². The maximum Gasteiger partial charge on any atom is 0.306 e. The molecule has 1 saturated heterocycles. The minimum Gasteiger partial charge on any atom is -0.466 e. The summed E-state index contributed by atoms with van der Waals surface area (Å²) in [5.41, 5.74) is 5.62. The molecule has 0 radical (unpaired) electrons. The molecule has 0 aliphatic carbocycles. The van der Waals surface area contributed by atoms with Gasteiger partial charge in [0.2, 0.25) is 0 Å². The Labute approximate surface area is 108 Å². The van der Waals surface area contributed by atoms with Crippen molar-refractivity contribution in [1.29, 1.82) is 0 Å². The second kappa shape index (κ2) is 6.87. The third-order valence-electron chi connectivity index (χ3n) is 2.60. The molecule has 18 heavy (non-hydrogen) atoms. The van der Waals surface area contributed by atoms with Crippen molar-refractivity contribution < 1.29 is 19.0 Å². The van der Waals surface area contributed by atoms with Crippen molar-refractivity contribution in [2.45, 2.75) is 51.6 Å². The molecule has 1 heterocycles. The Hall–Kier alpha value is -0.910. The molecule has 0 bridgehead atoms. The normalized spacial score (nSPS) is 26.7. The molecule has 2 atom stereocenters. The lowest BCUT2D eigenvalue weighted by atomic mass is 10.1. The summed E-state index contributed by atoms with van der Waals surface area (Å²) in [6, 6.07) is 0. The predicted octanol–water partition coefficient (Wildman–Crippen LogP) is 1.36. The Morgan fingerprint density at radius 2 is 2.17 bits per heavy atom. The average Bonchev–Trinajstić information content (AvgIpc) is 2.60. The summed E-state index contributed by atoms with van der Waals surface area (Å²) in [5, 5.41) is 0.